The van der Waals surface area contributed by atoms with Gasteiger partial charge in [-0.25, -0.2) is 14.2 Å². The van der Waals surface area contributed by atoms with Crippen LogP contribution >= 0.6 is 11.3 Å². The van der Waals surface area contributed by atoms with E-state index in [0.29, 0.717) is 49.5 Å². The van der Waals surface area contributed by atoms with Gasteiger partial charge in [0, 0.05) is 30.6 Å². The monoisotopic (exact) mass is 551 g/mol. The number of pyridine rings is 1. The van der Waals surface area contributed by atoms with Gasteiger partial charge in [0.25, 0.3) is 17.0 Å². The molecule has 0 amide bonds. The number of aromatic nitrogens is 7. The van der Waals surface area contributed by atoms with Crippen molar-refractivity contribution in [1.29, 1.82) is 0 Å². The zero-order valence-corrected chi connectivity index (χ0v) is 22.0. The summed E-state index contributed by atoms with van der Waals surface area (Å²) in [7, 11) is 0. The van der Waals surface area contributed by atoms with Crippen molar-refractivity contribution in [3.8, 4) is 11.6 Å². The van der Waals surface area contributed by atoms with Gasteiger partial charge in [-0.2, -0.15) is 4.98 Å². The van der Waals surface area contributed by atoms with E-state index in [1.807, 2.05) is 23.6 Å². The molecule has 0 spiro atoms. The first-order chi connectivity index (χ1) is 18.9. The fourth-order valence-electron chi connectivity index (χ4n) is 4.30. The zero-order valence-electron chi connectivity index (χ0n) is 21.2. The van der Waals surface area contributed by atoms with Crippen LogP contribution in [0.15, 0.2) is 60.8 Å². The number of fused-ring (bicyclic) bond motifs is 1. The number of nitrogens with zero attached hydrogens (tertiary/aromatic N) is 6. The lowest BCUT2D eigenvalue weighted by atomic mass is 10.2. The molecule has 0 saturated heterocycles. The zero-order chi connectivity index (χ0) is 27.4. The predicted molar refractivity (Wildman–Crippen MR) is 144 cm³/mol. The van der Waals surface area contributed by atoms with Crippen LogP contribution in [-0.2, 0) is 25.9 Å². The van der Waals surface area contributed by atoms with Gasteiger partial charge in [0.1, 0.15) is 17.0 Å². The summed E-state index contributed by atoms with van der Waals surface area (Å²) in [4.78, 5) is 55.7. The number of unbranched alkanes of at least 4 members (excludes halogenated alkanes) is 1. The number of rotatable bonds is 11. The van der Waals surface area contributed by atoms with Crippen LogP contribution in [0.3, 0.4) is 0 Å². The molecule has 5 heterocycles. The Morgan fingerprint density at radius 1 is 1.03 bits per heavy atom. The fraction of sp³-hybridized carbons (Fsp3) is 0.346. The summed E-state index contributed by atoms with van der Waals surface area (Å²) in [5, 5.41) is 5.95. The Kier molecular flexibility index (Phi) is 7.87. The van der Waals surface area contributed by atoms with E-state index in [2.05, 4.69) is 25.1 Å². The molecule has 0 aliphatic heterocycles. The van der Waals surface area contributed by atoms with Crippen LogP contribution < -0.4 is 16.8 Å². The molecule has 5 aromatic heterocycles. The number of alkyl halides is 1. The van der Waals surface area contributed by atoms with Crippen molar-refractivity contribution in [2.45, 2.75) is 58.3 Å². The van der Waals surface area contributed by atoms with Gasteiger partial charge in [0.05, 0.1) is 0 Å². The number of aromatic amines is 1. The third-order valence-electron chi connectivity index (χ3n) is 6.24. The Balaban J connectivity index is 1.37. The molecule has 0 radical (unpaired) electrons. The Labute approximate surface area is 225 Å². The van der Waals surface area contributed by atoms with E-state index in [1.165, 1.54) is 11.5 Å². The molecule has 11 nitrogen and oxygen atoms in total. The van der Waals surface area contributed by atoms with Crippen LogP contribution in [0.1, 0.15) is 48.9 Å². The van der Waals surface area contributed by atoms with E-state index in [4.69, 9.17) is 4.52 Å². The summed E-state index contributed by atoms with van der Waals surface area (Å²) in [6.07, 6.45) is 2.83. The average molecular weight is 552 g/mol. The van der Waals surface area contributed by atoms with Crippen molar-refractivity contribution in [3.05, 3.63) is 89.6 Å². The maximum absolute atomic E-state index is 14.0. The van der Waals surface area contributed by atoms with Crippen molar-refractivity contribution in [1.82, 2.24) is 34.2 Å². The molecule has 0 bridgehead atoms. The highest BCUT2D eigenvalue weighted by Crippen LogP contribution is 2.15. The quantitative estimate of drug-likeness (QED) is 0.246. The van der Waals surface area contributed by atoms with Crippen molar-refractivity contribution in [2.24, 2.45) is 0 Å². The molecular formula is C26H26FN7O4S. The normalized spacial score (nSPS) is 12.3. The maximum Gasteiger partial charge on any atom is 0.331 e. The average Bonchev–Trinajstić information content (AvgIpc) is 3.63. The van der Waals surface area contributed by atoms with Gasteiger partial charge in [-0.1, -0.05) is 17.3 Å². The molecule has 13 heteroatoms. The number of halogens is 1. The first-order valence-corrected chi connectivity index (χ1v) is 13.5. The standard InChI is InChI=1S/C26H26FN7O4S/c1-16(27)22-30-20-21(23(35)31-22)33(14-6-8-17-9-7-15-39-17)26(37)34(25(20)36)13-5-3-11-19-29-24(38-32-19)18-10-2-4-12-28-18/h2,4,7,9-10,12,15-16H,3,5-6,8,11,13-14H2,1H3,(H,30,31,35). The Morgan fingerprint density at radius 2 is 1.87 bits per heavy atom. The topological polar surface area (TPSA) is 142 Å². The number of H-pyrrole nitrogens is 1. The third-order valence-corrected chi connectivity index (χ3v) is 7.17. The number of aryl methyl sites for hydroxylation is 3. The minimum absolute atomic E-state index is 0.0957. The maximum atomic E-state index is 14.0. The lowest BCUT2D eigenvalue weighted by Gasteiger charge is -2.14. The molecule has 1 atom stereocenters. The lowest BCUT2D eigenvalue weighted by Crippen LogP contribution is -2.42. The van der Waals surface area contributed by atoms with Gasteiger partial charge in [0.15, 0.2) is 17.5 Å². The molecule has 202 valence electrons. The molecule has 0 aliphatic rings. The van der Waals surface area contributed by atoms with Gasteiger partial charge in [-0.15, -0.1) is 11.3 Å². The van der Waals surface area contributed by atoms with Crippen LogP contribution in [0.25, 0.3) is 22.6 Å². The Morgan fingerprint density at radius 3 is 2.62 bits per heavy atom. The highest BCUT2D eigenvalue weighted by molar-refractivity contribution is 7.09. The molecule has 1 N–H and O–H groups in total. The van der Waals surface area contributed by atoms with Gasteiger partial charge < -0.3 is 9.51 Å². The second kappa shape index (κ2) is 11.6. The Hall–Kier alpha value is -4.26. The number of thiophene rings is 1. The van der Waals surface area contributed by atoms with E-state index in [1.54, 1.807) is 29.7 Å². The van der Waals surface area contributed by atoms with Gasteiger partial charge >= 0.3 is 5.69 Å². The predicted octanol–water partition coefficient (Wildman–Crippen LogP) is 3.44. The van der Waals surface area contributed by atoms with Gasteiger partial charge in [-0.05, 0) is 56.2 Å². The lowest BCUT2D eigenvalue weighted by molar-refractivity contribution is 0.356. The van der Waals surface area contributed by atoms with Crippen LogP contribution in [-0.4, -0.2) is 34.2 Å². The highest BCUT2D eigenvalue weighted by atomic mass is 32.1. The molecule has 39 heavy (non-hydrogen) atoms. The summed E-state index contributed by atoms with van der Waals surface area (Å²) in [6, 6.07) is 9.33. The van der Waals surface area contributed by atoms with Crippen LogP contribution in [0, 0.1) is 0 Å². The molecule has 0 aromatic carbocycles. The van der Waals surface area contributed by atoms with Crippen molar-refractivity contribution in [3.63, 3.8) is 0 Å². The largest absolute Gasteiger partial charge is 0.332 e. The summed E-state index contributed by atoms with van der Waals surface area (Å²) < 4.78 is 21.6. The number of hydrogen-bond donors (Lipinski definition) is 1. The first-order valence-electron chi connectivity index (χ1n) is 12.6. The van der Waals surface area contributed by atoms with E-state index < -0.39 is 23.0 Å². The summed E-state index contributed by atoms with van der Waals surface area (Å²) >= 11 is 1.61. The molecule has 0 aliphatic carbocycles. The molecule has 1 unspecified atom stereocenters. The third kappa shape index (κ3) is 5.77. The van der Waals surface area contributed by atoms with E-state index in [0.717, 1.165) is 9.44 Å². The summed E-state index contributed by atoms with van der Waals surface area (Å²) in [5.41, 5.74) is -1.79. The van der Waals surface area contributed by atoms with E-state index >= 15 is 0 Å². The van der Waals surface area contributed by atoms with Crippen LogP contribution in [0.4, 0.5) is 4.39 Å². The van der Waals surface area contributed by atoms with Crippen LogP contribution in [0.2, 0.25) is 0 Å². The highest BCUT2D eigenvalue weighted by Gasteiger charge is 2.20. The summed E-state index contributed by atoms with van der Waals surface area (Å²) in [5.74, 6) is 0.555. The minimum Gasteiger partial charge on any atom is -0.332 e. The Bertz CT molecular complexity index is 1740. The molecule has 5 aromatic rings. The molecule has 0 saturated carbocycles. The first kappa shape index (κ1) is 26.4. The fourth-order valence-corrected chi connectivity index (χ4v) is 5.05. The number of nitrogens with one attached hydrogen (secondary N) is 1. The van der Waals surface area contributed by atoms with Crippen molar-refractivity contribution in [2.75, 3.05) is 0 Å². The second-order valence-electron chi connectivity index (χ2n) is 9.03. The summed E-state index contributed by atoms with van der Waals surface area (Å²) in [6.45, 7) is 1.53. The van der Waals surface area contributed by atoms with E-state index in [9.17, 15) is 18.8 Å². The van der Waals surface area contributed by atoms with Gasteiger partial charge in [0.2, 0.25) is 0 Å². The van der Waals surface area contributed by atoms with Crippen molar-refractivity contribution < 1.29 is 8.91 Å². The minimum atomic E-state index is -1.58. The molecular weight excluding hydrogens is 525 g/mol. The van der Waals surface area contributed by atoms with Crippen LogP contribution in [0.5, 0.6) is 0 Å². The molecule has 0 fully saturated rings. The second-order valence-corrected chi connectivity index (χ2v) is 10.1. The molecule has 5 rings (SSSR count). The van der Waals surface area contributed by atoms with Crippen molar-refractivity contribution >= 4 is 22.4 Å². The van der Waals surface area contributed by atoms with Gasteiger partial charge in [-0.3, -0.25) is 23.7 Å². The SMILES string of the molecule is CC(F)c1nc2c(=O)n(CCCCc3noc(-c4ccccn4)n3)c(=O)n(CCCc3cccs3)c2c(=O)[nH]1. The number of hydrogen-bond acceptors (Lipinski definition) is 9. The van der Waals surface area contributed by atoms with E-state index in [-0.39, 0.29) is 29.9 Å². The smallest absolute Gasteiger partial charge is 0.331 e.